The number of carbonyl (C=O) groups excluding carboxylic acids is 1. The molecule has 2 aromatic heterocycles. The predicted octanol–water partition coefficient (Wildman–Crippen LogP) is 4.10. The SMILES string of the molecule is Cc1c(C(=O)Nc2cccc(C(=N)N(C=N)C3CC3)n2)cccc1-n1cnc(C2CC2)c1. The maximum absolute atomic E-state index is 13.1. The fourth-order valence-corrected chi connectivity index (χ4v) is 3.87. The van der Waals surface area contributed by atoms with Crippen LogP contribution in [0, 0.1) is 17.7 Å². The first kappa shape index (κ1) is 20.1. The highest BCUT2D eigenvalue weighted by Crippen LogP contribution is 2.39. The van der Waals surface area contributed by atoms with Gasteiger partial charge in [-0.3, -0.25) is 15.6 Å². The Labute approximate surface area is 186 Å². The molecule has 3 aromatic rings. The molecule has 0 saturated heterocycles. The molecule has 2 aliphatic rings. The van der Waals surface area contributed by atoms with Crippen molar-refractivity contribution in [3.8, 4) is 5.69 Å². The summed E-state index contributed by atoms with van der Waals surface area (Å²) in [7, 11) is 0. The Kier molecular flexibility index (Phi) is 5.05. The van der Waals surface area contributed by atoms with Gasteiger partial charge in [0, 0.05) is 23.7 Å². The van der Waals surface area contributed by atoms with Crippen LogP contribution in [0.3, 0.4) is 0 Å². The lowest BCUT2D eigenvalue weighted by atomic mass is 10.1. The first-order chi connectivity index (χ1) is 15.5. The summed E-state index contributed by atoms with van der Waals surface area (Å²) in [4.78, 5) is 23.6. The third-order valence-corrected chi connectivity index (χ3v) is 6.00. The number of amides is 1. The van der Waals surface area contributed by atoms with Crippen molar-refractivity contribution < 1.29 is 4.79 Å². The van der Waals surface area contributed by atoms with Gasteiger partial charge in [-0.05, 0) is 62.4 Å². The lowest BCUT2D eigenvalue weighted by Crippen LogP contribution is -2.32. The monoisotopic (exact) mass is 427 g/mol. The molecule has 0 unspecified atom stereocenters. The number of amidine groups is 1. The molecule has 2 heterocycles. The van der Waals surface area contributed by atoms with Crippen molar-refractivity contribution in [3.63, 3.8) is 0 Å². The highest BCUT2D eigenvalue weighted by atomic mass is 16.1. The van der Waals surface area contributed by atoms with E-state index >= 15 is 0 Å². The van der Waals surface area contributed by atoms with Crippen LogP contribution >= 0.6 is 0 Å². The van der Waals surface area contributed by atoms with Gasteiger partial charge in [-0.15, -0.1) is 0 Å². The van der Waals surface area contributed by atoms with Crippen LogP contribution in [0.25, 0.3) is 5.69 Å². The highest BCUT2D eigenvalue weighted by Gasteiger charge is 2.30. The predicted molar refractivity (Wildman–Crippen MR) is 123 cm³/mol. The molecule has 8 nitrogen and oxygen atoms in total. The van der Waals surface area contributed by atoms with Gasteiger partial charge in [0.05, 0.1) is 24.0 Å². The second-order valence-corrected chi connectivity index (χ2v) is 8.41. The molecule has 2 fully saturated rings. The van der Waals surface area contributed by atoms with Gasteiger partial charge in [-0.1, -0.05) is 12.1 Å². The van der Waals surface area contributed by atoms with Crippen molar-refractivity contribution in [2.45, 2.75) is 44.6 Å². The quantitative estimate of drug-likeness (QED) is 0.389. The molecular formula is C24H25N7O. The van der Waals surface area contributed by atoms with E-state index in [-0.39, 0.29) is 17.8 Å². The zero-order valence-electron chi connectivity index (χ0n) is 17.9. The Hall–Kier alpha value is -3.81. The van der Waals surface area contributed by atoms with E-state index in [2.05, 4.69) is 15.3 Å². The number of anilines is 1. The summed E-state index contributed by atoms with van der Waals surface area (Å²) in [5.74, 6) is 0.863. The fraction of sp³-hybridized carbons (Fsp3) is 0.292. The average molecular weight is 428 g/mol. The summed E-state index contributed by atoms with van der Waals surface area (Å²) in [5.41, 5.74) is 3.87. The first-order valence-electron chi connectivity index (χ1n) is 10.9. The number of rotatable bonds is 7. The van der Waals surface area contributed by atoms with Crippen molar-refractivity contribution in [3.05, 3.63) is 71.4 Å². The number of benzene rings is 1. The summed E-state index contributed by atoms with van der Waals surface area (Å²) in [6, 6.07) is 11.0. The molecule has 0 spiro atoms. The Morgan fingerprint density at radius 2 is 1.97 bits per heavy atom. The average Bonchev–Trinajstić information content (AvgIpc) is 3.74. The van der Waals surface area contributed by atoms with E-state index in [0.29, 0.717) is 23.0 Å². The summed E-state index contributed by atoms with van der Waals surface area (Å²) in [6.07, 6.45) is 9.37. The normalized spacial score (nSPS) is 15.3. The molecule has 3 N–H and O–H groups in total. The third kappa shape index (κ3) is 3.91. The van der Waals surface area contributed by atoms with Gasteiger partial charge in [0.2, 0.25) is 0 Å². The van der Waals surface area contributed by atoms with Crippen molar-refractivity contribution in [1.29, 1.82) is 10.8 Å². The zero-order chi connectivity index (χ0) is 22.2. The molecule has 5 rings (SSSR count). The van der Waals surface area contributed by atoms with Gasteiger partial charge in [-0.2, -0.15) is 0 Å². The summed E-state index contributed by atoms with van der Waals surface area (Å²) in [5, 5.41) is 18.8. The van der Waals surface area contributed by atoms with Crippen LogP contribution in [0.1, 0.15) is 58.9 Å². The van der Waals surface area contributed by atoms with Gasteiger partial charge >= 0.3 is 0 Å². The second-order valence-electron chi connectivity index (χ2n) is 8.41. The van der Waals surface area contributed by atoms with E-state index in [1.807, 2.05) is 36.1 Å². The Morgan fingerprint density at radius 1 is 1.19 bits per heavy atom. The standard InChI is InChI=1S/C24H25N7O/c1-15-18(4-2-6-21(15)30-12-20(27-14-30)16-8-9-16)24(32)29-22-7-3-5-19(28-22)23(26)31(13-25)17-10-11-17/h2-7,12-14,16-17,25-26H,8-11H2,1H3,(H,28,29,32). The number of hydrogen-bond donors (Lipinski definition) is 3. The summed E-state index contributed by atoms with van der Waals surface area (Å²) >= 11 is 0. The number of aromatic nitrogens is 3. The minimum atomic E-state index is -0.255. The van der Waals surface area contributed by atoms with Crippen molar-refractivity contribution >= 4 is 23.9 Å². The van der Waals surface area contributed by atoms with E-state index in [4.69, 9.17) is 10.8 Å². The molecule has 32 heavy (non-hydrogen) atoms. The molecule has 0 radical (unpaired) electrons. The third-order valence-electron chi connectivity index (χ3n) is 6.00. The molecule has 2 aliphatic carbocycles. The van der Waals surface area contributed by atoms with Gasteiger partial charge in [0.15, 0.2) is 5.84 Å². The van der Waals surface area contributed by atoms with Crippen LogP contribution in [0.5, 0.6) is 0 Å². The van der Waals surface area contributed by atoms with E-state index in [9.17, 15) is 4.79 Å². The highest BCUT2D eigenvalue weighted by molar-refractivity contribution is 6.06. The molecule has 1 aromatic carbocycles. The van der Waals surface area contributed by atoms with E-state index in [0.717, 1.165) is 29.8 Å². The minimum Gasteiger partial charge on any atom is -0.313 e. The number of pyridine rings is 1. The molecular weight excluding hydrogens is 402 g/mol. The number of nitrogens with one attached hydrogen (secondary N) is 3. The van der Waals surface area contributed by atoms with Crippen molar-refractivity contribution in [1.82, 2.24) is 19.4 Å². The molecule has 162 valence electrons. The Balaban J connectivity index is 1.36. The topological polar surface area (TPSA) is 111 Å². The zero-order valence-corrected chi connectivity index (χ0v) is 17.9. The Bertz CT molecular complexity index is 1210. The maximum Gasteiger partial charge on any atom is 0.257 e. The van der Waals surface area contributed by atoms with Crippen LogP contribution < -0.4 is 5.32 Å². The molecule has 8 heteroatoms. The first-order valence-corrected chi connectivity index (χ1v) is 10.9. The van der Waals surface area contributed by atoms with E-state index in [1.54, 1.807) is 29.2 Å². The number of carbonyl (C=O) groups is 1. The van der Waals surface area contributed by atoms with Crippen LogP contribution in [-0.4, -0.2) is 43.6 Å². The fourth-order valence-electron chi connectivity index (χ4n) is 3.87. The lowest BCUT2D eigenvalue weighted by molar-refractivity contribution is 0.102. The van der Waals surface area contributed by atoms with Gasteiger partial charge in [-0.25, -0.2) is 9.97 Å². The smallest absolute Gasteiger partial charge is 0.257 e. The van der Waals surface area contributed by atoms with E-state index in [1.165, 1.54) is 19.2 Å². The molecule has 2 saturated carbocycles. The maximum atomic E-state index is 13.1. The number of nitrogens with zero attached hydrogens (tertiary/aromatic N) is 4. The molecule has 1 amide bonds. The van der Waals surface area contributed by atoms with Gasteiger partial charge in [0.25, 0.3) is 5.91 Å². The van der Waals surface area contributed by atoms with Crippen LogP contribution in [0.2, 0.25) is 0 Å². The van der Waals surface area contributed by atoms with E-state index < -0.39 is 0 Å². The van der Waals surface area contributed by atoms with Crippen molar-refractivity contribution in [2.24, 2.45) is 0 Å². The molecule has 0 aliphatic heterocycles. The summed E-state index contributed by atoms with van der Waals surface area (Å²) in [6.45, 7) is 1.93. The largest absolute Gasteiger partial charge is 0.313 e. The summed E-state index contributed by atoms with van der Waals surface area (Å²) < 4.78 is 1.98. The van der Waals surface area contributed by atoms with Crippen molar-refractivity contribution in [2.75, 3.05) is 5.32 Å². The van der Waals surface area contributed by atoms with Crippen LogP contribution in [-0.2, 0) is 0 Å². The number of imidazole rings is 1. The van der Waals surface area contributed by atoms with Gasteiger partial charge < -0.3 is 14.8 Å². The minimum absolute atomic E-state index is 0.170. The van der Waals surface area contributed by atoms with Crippen LogP contribution in [0.4, 0.5) is 5.82 Å². The Morgan fingerprint density at radius 3 is 2.69 bits per heavy atom. The number of hydrogen-bond acceptors (Lipinski definition) is 5. The van der Waals surface area contributed by atoms with Crippen LogP contribution in [0.15, 0.2) is 48.9 Å². The second kappa shape index (κ2) is 8.03. The lowest BCUT2D eigenvalue weighted by Gasteiger charge is -2.19. The molecule has 0 atom stereocenters. The molecule has 0 bridgehead atoms. The van der Waals surface area contributed by atoms with Gasteiger partial charge in [0.1, 0.15) is 11.5 Å².